The Kier molecular flexibility index (Phi) is 6.47. The van der Waals surface area contributed by atoms with Crippen molar-refractivity contribution in [2.75, 3.05) is 33.8 Å². The lowest BCUT2D eigenvalue weighted by Gasteiger charge is -2.17. The van der Waals surface area contributed by atoms with E-state index in [1.807, 2.05) is 26.1 Å². The predicted octanol–water partition coefficient (Wildman–Crippen LogP) is 2.29. The van der Waals surface area contributed by atoms with Crippen LogP contribution in [0, 0.1) is 0 Å². The minimum atomic E-state index is 0.701. The standard InChI is InChI=1S/C15H24N2O/c1-13(2)12-17(4)8-9-18-15-7-5-6-14(10-15)11-16-3/h5-7,10,16H,1,8-9,11-12H2,2-4H3. The van der Waals surface area contributed by atoms with E-state index in [2.05, 4.69) is 36.0 Å². The molecule has 1 rings (SSSR count). The number of benzene rings is 1. The monoisotopic (exact) mass is 248 g/mol. The number of rotatable bonds is 8. The molecule has 1 aromatic rings. The molecule has 0 bridgehead atoms. The quantitative estimate of drug-likeness (QED) is 0.714. The van der Waals surface area contributed by atoms with Crippen LogP contribution in [0.15, 0.2) is 36.4 Å². The summed E-state index contributed by atoms with van der Waals surface area (Å²) in [5, 5.41) is 3.13. The van der Waals surface area contributed by atoms with E-state index in [0.717, 1.165) is 25.4 Å². The number of hydrogen-bond acceptors (Lipinski definition) is 3. The molecule has 0 spiro atoms. The van der Waals surface area contributed by atoms with Gasteiger partial charge in [0.1, 0.15) is 12.4 Å². The second-order valence-electron chi connectivity index (χ2n) is 4.72. The van der Waals surface area contributed by atoms with Crippen LogP contribution in [0.2, 0.25) is 0 Å². The highest BCUT2D eigenvalue weighted by Crippen LogP contribution is 2.13. The molecule has 0 aliphatic carbocycles. The summed E-state index contributed by atoms with van der Waals surface area (Å²) < 4.78 is 5.75. The summed E-state index contributed by atoms with van der Waals surface area (Å²) in [6, 6.07) is 8.20. The molecule has 0 aliphatic heterocycles. The zero-order valence-corrected chi connectivity index (χ0v) is 11.7. The zero-order valence-electron chi connectivity index (χ0n) is 11.7. The molecule has 0 aliphatic rings. The summed E-state index contributed by atoms with van der Waals surface area (Å²) in [5.74, 6) is 0.937. The van der Waals surface area contributed by atoms with Crippen LogP contribution < -0.4 is 10.1 Å². The van der Waals surface area contributed by atoms with Crippen LogP contribution in [0.1, 0.15) is 12.5 Å². The normalized spacial score (nSPS) is 10.7. The summed E-state index contributed by atoms with van der Waals surface area (Å²) in [6.07, 6.45) is 0. The van der Waals surface area contributed by atoms with E-state index in [0.29, 0.717) is 6.61 Å². The smallest absolute Gasteiger partial charge is 0.119 e. The third kappa shape index (κ3) is 5.84. The fourth-order valence-corrected chi connectivity index (χ4v) is 1.81. The second kappa shape index (κ2) is 7.90. The molecule has 0 saturated heterocycles. The lowest BCUT2D eigenvalue weighted by molar-refractivity contribution is 0.247. The van der Waals surface area contributed by atoms with Gasteiger partial charge >= 0.3 is 0 Å². The van der Waals surface area contributed by atoms with Crippen LogP contribution in [0.25, 0.3) is 0 Å². The molecule has 1 aromatic carbocycles. The third-order valence-electron chi connectivity index (χ3n) is 2.56. The molecular formula is C15H24N2O. The SMILES string of the molecule is C=C(C)CN(C)CCOc1cccc(CNC)c1. The van der Waals surface area contributed by atoms with Crippen molar-refractivity contribution in [3.8, 4) is 5.75 Å². The van der Waals surface area contributed by atoms with Crippen molar-refractivity contribution in [1.29, 1.82) is 0 Å². The highest BCUT2D eigenvalue weighted by atomic mass is 16.5. The van der Waals surface area contributed by atoms with Gasteiger partial charge in [0.25, 0.3) is 0 Å². The molecule has 0 aromatic heterocycles. The average Bonchev–Trinajstić information content (AvgIpc) is 2.29. The molecule has 3 nitrogen and oxygen atoms in total. The molecule has 0 atom stereocenters. The van der Waals surface area contributed by atoms with Gasteiger partial charge < -0.3 is 10.1 Å². The minimum absolute atomic E-state index is 0.701. The fourth-order valence-electron chi connectivity index (χ4n) is 1.81. The van der Waals surface area contributed by atoms with E-state index in [4.69, 9.17) is 4.74 Å². The maximum absolute atomic E-state index is 5.75. The van der Waals surface area contributed by atoms with Crippen molar-refractivity contribution < 1.29 is 4.74 Å². The van der Waals surface area contributed by atoms with Gasteiger partial charge in [0.05, 0.1) is 0 Å². The van der Waals surface area contributed by atoms with Crippen LogP contribution >= 0.6 is 0 Å². The van der Waals surface area contributed by atoms with E-state index in [1.54, 1.807) is 0 Å². The van der Waals surface area contributed by atoms with E-state index in [1.165, 1.54) is 11.1 Å². The Morgan fingerprint density at radius 2 is 2.22 bits per heavy atom. The number of nitrogens with one attached hydrogen (secondary N) is 1. The topological polar surface area (TPSA) is 24.5 Å². The van der Waals surface area contributed by atoms with E-state index in [-0.39, 0.29) is 0 Å². The van der Waals surface area contributed by atoms with Crippen LogP contribution in [-0.4, -0.2) is 38.7 Å². The van der Waals surface area contributed by atoms with Crippen molar-refractivity contribution in [2.45, 2.75) is 13.5 Å². The number of nitrogens with zero attached hydrogens (tertiary/aromatic N) is 1. The summed E-state index contributed by atoms with van der Waals surface area (Å²) in [6.45, 7) is 9.34. The number of hydrogen-bond donors (Lipinski definition) is 1. The van der Waals surface area contributed by atoms with Gasteiger partial charge in [0.15, 0.2) is 0 Å². The highest BCUT2D eigenvalue weighted by Gasteiger charge is 2.00. The molecule has 0 heterocycles. The molecule has 18 heavy (non-hydrogen) atoms. The average molecular weight is 248 g/mol. The van der Waals surface area contributed by atoms with Crippen molar-refractivity contribution in [2.24, 2.45) is 0 Å². The Labute approximate surface area is 110 Å². The first-order valence-corrected chi connectivity index (χ1v) is 6.31. The lowest BCUT2D eigenvalue weighted by atomic mass is 10.2. The largest absolute Gasteiger partial charge is 0.492 e. The summed E-state index contributed by atoms with van der Waals surface area (Å²) in [7, 11) is 4.02. The van der Waals surface area contributed by atoms with Gasteiger partial charge in [0.2, 0.25) is 0 Å². The first kappa shape index (κ1) is 14.7. The molecule has 0 fully saturated rings. The highest BCUT2D eigenvalue weighted by molar-refractivity contribution is 5.28. The van der Waals surface area contributed by atoms with Gasteiger partial charge in [-0.25, -0.2) is 0 Å². The Morgan fingerprint density at radius 1 is 1.44 bits per heavy atom. The van der Waals surface area contributed by atoms with E-state index < -0.39 is 0 Å². The van der Waals surface area contributed by atoms with Gasteiger partial charge in [-0.1, -0.05) is 24.3 Å². The molecule has 0 amide bonds. The van der Waals surface area contributed by atoms with Crippen molar-refractivity contribution >= 4 is 0 Å². The molecule has 100 valence electrons. The van der Waals surface area contributed by atoms with Crippen LogP contribution in [0.3, 0.4) is 0 Å². The van der Waals surface area contributed by atoms with Crippen molar-refractivity contribution in [3.05, 3.63) is 42.0 Å². The maximum Gasteiger partial charge on any atom is 0.119 e. The van der Waals surface area contributed by atoms with Crippen LogP contribution in [0.4, 0.5) is 0 Å². The Bertz CT molecular complexity index is 377. The third-order valence-corrected chi connectivity index (χ3v) is 2.56. The molecule has 0 saturated carbocycles. The molecule has 0 unspecified atom stereocenters. The molecular weight excluding hydrogens is 224 g/mol. The number of ether oxygens (including phenoxy) is 1. The van der Waals surface area contributed by atoms with Crippen molar-refractivity contribution in [1.82, 2.24) is 10.2 Å². The molecule has 1 N–H and O–H groups in total. The molecule has 0 radical (unpaired) electrons. The lowest BCUT2D eigenvalue weighted by Crippen LogP contribution is -2.25. The Balaban J connectivity index is 2.34. The van der Waals surface area contributed by atoms with Gasteiger partial charge in [-0.05, 0) is 38.7 Å². The van der Waals surface area contributed by atoms with Crippen molar-refractivity contribution in [3.63, 3.8) is 0 Å². The van der Waals surface area contributed by atoms with Crippen LogP contribution in [0.5, 0.6) is 5.75 Å². The minimum Gasteiger partial charge on any atom is -0.492 e. The summed E-state index contributed by atoms with van der Waals surface area (Å²) >= 11 is 0. The molecule has 3 heteroatoms. The maximum atomic E-state index is 5.75. The van der Waals surface area contributed by atoms with Gasteiger partial charge in [-0.15, -0.1) is 0 Å². The van der Waals surface area contributed by atoms with E-state index >= 15 is 0 Å². The Morgan fingerprint density at radius 3 is 2.89 bits per heavy atom. The van der Waals surface area contributed by atoms with E-state index in [9.17, 15) is 0 Å². The van der Waals surface area contributed by atoms with Crippen LogP contribution in [-0.2, 0) is 6.54 Å². The number of likely N-dealkylation sites (N-methyl/N-ethyl adjacent to an activating group) is 1. The fraction of sp³-hybridized carbons (Fsp3) is 0.467. The predicted molar refractivity (Wildman–Crippen MR) is 77.0 cm³/mol. The van der Waals surface area contributed by atoms with Gasteiger partial charge in [-0.3, -0.25) is 4.90 Å². The second-order valence-corrected chi connectivity index (χ2v) is 4.72. The summed E-state index contributed by atoms with van der Waals surface area (Å²) in [4.78, 5) is 2.21. The zero-order chi connectivity index (χ0) is 13.4. The Hall–Kier alpha value is -1.32. The van der Waals surface area contributed by atoms with Gasteiger partial charge in [0, 0.05) is 19.6 Å². The first-order valence-electron chi connectivity index (χ1n) is 6.31. The summed E-state index contributed by atoms with van der Waals surface area (Å²) in [5.41, 5.74) is 2.42. The first-order chi connectivity index (χ1) is 8.61. The van der Waals surface area contributed by atoms with Gasteiger partial charge in [-0.2, -0.15) is 0 Å².